The van der Waals surface area contributed by atoms with Crippen LogP contribution < -0.4 is 10.1 Å². The Hall–Kier alpha value is -1.02. The molecule has 1 N–H and O–H groups in total. The van der Waals surface area contributed by atoms with E-state index in [1.807, 2.05) is 0 Å². The summed E-state index contributed by atoms with van der Waals surface area (Å²) in [5.41, 5.74) is 1.33. The fourth-order valence-corrected chi connectivity index (χ4v) is 1.83. The maximum Gasteiger partial charge on any atom is 0.119 e. The topological polar surface area (TPSA) is 21.3 Å². The molecule has 1 aliphatic rings. The molecule has 0 saturated heterocycles. The third-order valence-corrected chi connectivity index (χ3v) is 3.26. The van der Waals surface area contributed by atoms with Gasteiger partial charge in [-0.3, -0.25) is 0 Å². The van der Waals surface area contributed by atoms with Crippen LogP contribution in [0.15, 0.2) is 24.3 Å². The van der Waals surface area contributed by atoms with Crippen LogP contribution in [0.4, 0.5) is 0 Å². The van der Waals surface area contributed by atoms with Gasteiger partial charge in [0, 0.05) is 6.04 Å². The second-order valence-corrected chi connectivity index (χ2v) is 5.00. The van der Waals surface area contributed by atoms with Crippen molar-refractivity contribution in [1.82, 2.24) is 5.32 Å². The Labute approximate surface area is 104 Å². The van der Waals surface area contributed by atoms with Crippen LogP contribution in [0.5, 0.6) is 5.75 Å². The second-order valence-electron chi connectivity index (χ2n) is 5.00. The molecule has 0 amide bonds. The first-order valence-electron chi connectivity index (χ1n) is 6.75. The first kappa shape index (κ1) is 12.4. The van der Waals surface area contributed by atoms with E-state index in [1.54, 1.807) is 0 Å². The molecule has 0 spiro atoms. The third kappa shape index (κ3) is 4.04. The number of nitrogens with one attached hydrogen (secondary N) is 1. The second kappa shape index (κ2) is 6.06. The molecule has 1 unspecified atom stereocenters. The van der Waals surface area contributed by atoms with Crippen molar-refractivity contribution in [2.75, 3.05) is 13.2 Å². The van der Waals surface area contributed by atoms with Crippen LogP contribution in [-0.2, 0) is 0 Å². The van der Waals surface area contributed by atoms with E-state index in [9.17, 15) is 0 Å². The number of hydrogen-bond donors (Lipinski definition) is 1. The van der Waals surface area contributed by atoms with Crippen LogP contribution >= 0.6 is 0 Å². The minimum atomic E-state index is 0.424. The van der Waals surface area contributed by atoms with E-state index in [4.69, 9.17) is 4.74 Å². The van der Waals surface area contributed by atoms with Crippen molar-refractivity contribution >= 4 is 0 Å². The highest BCUT2D eigenvalue weighted by molar-refractivity contribution is 5.29. The summed E-state index contributed by atoms with van der Waals surface area (Å²) < 4.78 is 5.73. The molecule has 2 heteroatoms. The van der Waals surface area contributed by atoms with Crippen molar-refractivity contribution in [1.29, 1.82) is 0 Å². The SMILES string of the molecule is CCCNC(C)c1ccc(OCC2CC2)cc1. The number of rotatable bonds is 7. The molecular weight excluding hydrogens is 210 g/mol. The molecule has 94 valence electrons. The Bertz CT molecular complexity index is 329. The summed E-state index contributed by atoms with van der Waals surface area (Å²) in [7, 11) is 0. The van der Waals surface area contributed by atoms with Crippen LogP contribution in [0.3, 0.4) is 0 Å². The van der Waals surface area contributed by atoms with E-state index in [-0.39, 0.29) is 0 Å². The third-order valence-electron chi connectivity index (χ3n) is 3.26. The van der Waals surface area contributed by atoms with Gasteiger partial charge < -0.3 is 10.1 Å². The molecular formula is C15H23NO. The molecule has 0 aromatic heterocycles. The van der Waals surface area contributed by atoms with Gasteiger partial charge in [0.05, 0.1) is 6.61 Å². The zero-order chi connectivity index (χ0) is 12.1. The van der Waals surface area contributed by atoms with Crippen LogP contribution in [0.1, 0.15) is 44.7 Å². The Morgan fingerprint density at radius 3 is 2.59 bits per heavy atom. The van der Waals surface area contributed by atoms with Crippen LogP contribution in [0.25, 0.3) is 0 Å². The fraction of sp³-hybridized carbons (Fsp3) is 0.600. The Morgan fingerprint density at radius 2 is 2.00 bits per heavy atom. The maximum absolute atomic E-state index is 5.73. The van der Waals surface area contributed by atoms with Gasteiger partial charge in [-0.15, -0.1) is 0 Å². The predicted molar refractivity (Wildman–Crippen MR) is 71.4 cm³/mol. The summed E-state index contributed by atoms with van der Waals surface area (Å²) in [6, 6.07) is 8.92. The van der Waals surface area contributed by atoms with Gasteiger partial charge in [0.1, 0.15) is 5.75 Å². The van der Waals surface area contributed by atoms with Crippen molar-refractivity contribution in [3.05, 3.63) is 29.8 Å². The van der Waals surface area contributed by atoms with Gasteiger partial charge in [-0.2, -0.15) is 0 Å². The molecule has 1 atom stereocenters. The average molecular weight is 233 g/mol. The minimum Gasteiger partial charge on any atom is -0.493 e. The summed E-state index contributed by atoms with van der Waals surface area (Å²) in [5, 5.41) is 3.49. The van der Waals surface area contributed by atoms with Gasteiger partial charge in [-0.05, 0) is 56.3 Å². The van der Waals surface area contributed by atoms with Crippen molar-refractivity contribution in [2.45, 2.75) is 39.2 Å². The summed E-state index contributed by atoms with van der Waals surface area (Å²) in [5.74, 6) is 1.82. The first-order chi connectivity index (χ1) is 8.29. The largest absolute Gasteiger partial charge is 0.493 e. The van der Waals surface area contributed by atoms with Crippen LogP contribution in [-0.4, -0.2) is 13.2 Å². The molecule has 0 radical (unpaired) electrons. The molecule has 1 aliphatic carbocycles. The smallest absolute Gasteiger partial charge is 0.119 e. The fourth-order valence-electron chi connectivity index (χ4n) is 1.83. The molecule has 2 rings (SSSR count). The lowest BCUT2D eigenvalue weighted by atomic mass is 10.1. The summed E-state index contributed by atoms with van der Waals surface area (Å²) >= 11 is 0. The zero-order valence-electron chi connectivity index (χ0n) is 10.9. The minimum absolute atomic E-state index is 0.424. The maximum atomic E-state index is 5.73. The Balaban J connectivity index is 1.82. The van der Waals surface area contributed by atoms with E-state index in [1.165, 1.54) is 24.8 Å². The highest BCUT2D eigenvalue weighted by Gasteiger charge is 2.21. The van der Waals surface area contributed by atoms with E-state index in [0.29, 0.717) is 6.04 Å². The lowest BCUT2D eigenvalue weighted by Gasteiger charge is -2.14. The molecule has 0 heterocycles. The number of ether oxygens (including phenoxy) is 1. The lowest BCUT2D eigenvalue weighted by Crippen LogP contribution is -2.19. The summed E-state index contributed by atoms with van der Waals surface area (Å²) in [6.07, 6.45) is 3.86. The van der Waals surface area contributed by atoms with E-state index >= 15 is 0 Å². The van der Waals surface area contributed by atoms with E-state index < -0.39 is 0 Å². The molecule has 0 aliphatic heterocycles. The first-order valence-corrected chi connectivity index (χ1v) is 6.75. The van der Waals surface area contributed by atoms with Gasteiger partial charge in [0.15, 0.2) is 0 Å². The summed E-state index contributed by atoms with van der Waals surface area (Å²) in [6.45, 7) is 6.36. The molecule has 1 aromatic rings. The summed E-state index contributed by atoms with van der Waals surface area (Å²) in [4.78, 5) is 0. The lowest BCUT2D eigenvalue weighted by molar-refractivity contribution is 0.299. The quantitative estimate of drug-likeness (QED) is 0.778. The van der Waals surface area contributed by atoms with E-state index in [0.717, 1.165) is 24.8 Å². The number of hydrogen-bond acceptors (Lipinski definition) is 2. The van der Waals surface area contributed by atoms with Crippen molar-refractivity contribution < 1.29 is 4.74 Å². The van der Waals surface area contributed by atoms with Crippen molar-refractivity contribution in [3.8, 4) is 5.75 Å². The normalized spacial score (nSPS) is 16.8. The molecule has 1 saturated carbocycles. The Morgan fingerprint density at radius 1 is 1.29 bits per heavy atom. The van der Waals surface area contributed by atoms with Gasteiger partial charge in [0.25, 0.3) is 0 Å². The Kier molecular flexibility index (Phi) is 4.43. The molecule has 17 heavy (non-hydrogen) atoms. The van der Waals surface area contributed by atoms with Crippen LogP contribution in [0, 0.1) is 5.92 Å². The predicted octanol–water partition coefficient (Wildman–Crippen LogP) is 3.54. The van der Waals surface area contributed by atoms with Crippen molar-refractivity contribution in [3.63, 3.8) is 0 Å². The van der Waals surface area contributed by atoms with E-state index in [2.05, 4.69) is 43.4 Å². The van der Waals surface area contributed by atoms with Gasteiger partial charge in [-0.1, -0.05) is 19.1 Å². The average Bonchev–Trinajstić information content (AvgIpc) is 3.18. The van der Waals surface area contributed by atoms with Crippen LogP contribution in [0.2, 0.25) is 0 Å². The number of benzene rings is 1. The van der Waals surface area contributed by atoms with Gasteiger partial charge in [-0.25, -0.2) is 0 Å². The standard InChI is InChI=1S/C15H23NO/c1-3-10-16-12(2)14-6-8-15(9-7-14)17-11-13-4-5-13/h6-9,12-13,16H,3-5,10-11H2,1-2H3. The van der Waals surface area contributed by atoms with Crippen molar-refractivity contribution in [2.24, 2.45) is 5.92 Å². The van der Waals surface area contributed by atoms with Gasteiger partial charge in [0.2, 0.25) is 0 Å². The molecule has 1 aromatic carbocycles. The van der Waals surface area contributed by atoms with Gasteiger partial charge >= 0.3 is 0 Å². The highest BCUT2D eigenvalue weighted by atomic mass is 16.5. The molecule has 2 nitrogen and oxygen atoms in total. The zero-order valence-corrected chi connectivity index (χ0v) is 10.9. The molecule has 0 bridgehead atoms. The monoisotopic (exact) mass is 233 g/mol. The highest BCUT2D eigenvalue weighted by Crippen LogP contribution is 2.29. The molecule has 1 fully saturated rings.